The van der Waals surface area contributed by atoms with E-state index in [0.717, 1.165) is 68.8 Å². The lowest BCUT2D eigenvalue weighted by Crippen LogP contribution is -2.61. The molecule has 0 amide bonds. The molecule has 9 nitrogen and oxygen atoms in total. The maximum atomic E-state index is 15.1. The Bertz CT molecular complexity index is 2790. The van der Waals surface area contributed by atoms with Crippen molar-refractivity contribution >= 4 is 70.0 Å². The lowest BCUT2D eigenvalue weighted by molar-refractivity contribution is 0.161. The van der Waals surface area contributed by atoms with E-state index in [1.54, 1.807) is 22.1 Å². The van der Waals surface area contributed by atoms with E-state index in [2.05, 4.69) is 116 Å². The van der Waals surface area contributed by atoms with Gasteiger partial charge in [0.2, 0.25) is 0 Å². The van der Waals surface area contributed by atoms with Crippen LogP contribution in [0.1, 0.15) is 69.9 Å². The van der Waals surface area contributed by atoms with E-state index >= 15 is 4.39 Å². The van der Waals surface area contributed by atoms with E-state index in [0.29, 0.717) is 17.5 Å². The number of hydrogen-bond acceptors (Lipinski definition) is 9. The number of hydrogen-bond donors (Lipinski definition) is 2. The summed E-state index contributed by atoms with van der Waals surface area (Å²) < 4.78 is 21.0. The van der Waals surface area contributed by atoms with Crippen LogP contribution in [0.4, 0.5) is 9.52 Å². The van der Waals surface area contributed by atoms with Gasteiger partial charge in [0, 0.05) is 67.3 Å². The Labute approximate surface area is 347 Å². The molecule has 0 radical (unpaired) electrons. The Morgan fingerprint density at radius 3 is 2.12 bits per heavy atom. The van der Waals surface area contributed by atoms with Crippen LogP contribution in [0.25, 0.3) is 64.5 Å². The van der Waals surface area contributed by atoms with Gasteiger partial charge in [0.05, 0.1) is 31.0 Å². The molecule has 0 bridgehead atoms. The highest BCUT2D eigenvalue weighted by Gasteiger charge is 2.40. The van der Waals surface area contributed by atoms with Gasteiger partial charge in [0.1, 0.15) is 5.52 Å². The maximum Gasteiger partial charge on any atom is 0.186 e. The van der Waals surface area contributed by atoms with Gasteiger partial charge >= 0.3 is 0 Å². The summed E-state index contributed by atoms with van der Waals surface area (Å²) in [5.41, 5.74) is 9.27. The molecular formula is C46H52FN9S2. The number of thiazole rings is 2. The van der Waals surface area contributed by atoms with Crippen molar-refractivity contribution in [1.82, 2.24) is 40.2 Å². The minimum atomic E-state index is -0.273. The molecule has 4 aromatic heterocycles. The van der Waals surface area contributed by atoms with Gasteiger partial charge in [-0.25, -0.2) is 14.4 Å². The van der Waals surface area contributed by atoms with Crippen molar-refractivity contribution in [3.05, 3.63) is 89.4 Å². The molecule has 4 aromatic carbocycles. The summed E-state index contributed by atoms with van der Waals surface area (Å²) >= 11 is 3.44. The third kappa shape index (κ3) is 7.75. The van der Waals surface area contributed by atoms with Gasteiger partial charge in [0.25, 0.3) is 0 Å². The highest BCUT2D eigenvalue weighted by Crippen LogP contribution is 2.39. The fraction of sp³-hybridized carbons (Fsp3) is 0.391. The van der Waals surface area contributed by atoms with E-state index in [4.69, 9.17) is 9.97 Å². The van der Waals surface area contributed by atoms with Crippen LogP contribution in [-0.4, -0.2) is 66.8 Å². The number of halogens is 1. The minimum absolute atomic E-state index is 0.0424. The normalized spacial score (nSPS) is 17.3. The van der Waals surface area contributed by atoms with Crippen molar-refractivity contribution in [3.63, 3.8) is 0 Å². The lowest BCUT2D eigenvalue weighted by Gasteiger charge is -2.48. The molecule has 2 aliphatic heterocycles. The minimum Gasteiger partial charge on any atom is -0.348 e. The first kappa shape index (κ1) is 38.8. The number of nitrogens with one attached hydrogen (secondary N) is 2. The zero-order valence-corrected chi connectivity index (χ0v) is 36.3. The van der Waals surface area contributed by atoms with Crippen LogP contribution in [0.5, 0.6) is 0 Å². The van der Waals surface area contributed by atoms with Crippen LogP contribution < -0.4 is 15.5 Å². The monoisotopic (exact) mass is 813 g/mol. The van der Waals surface area contributed by atoms with Crippen molar-refractivity contribution < 1.29 is 4.39 Å². The summed E-state index contributed by atoms with van der Waals surface area (Å²) in [6, 6.07) is 21.2. The summed E-state index contributed by atoms with van der Waals surface area (Å²) in [5, 5.41) is 20.6. The first-order valence-corrected chi connectivity index (χ1v) is 21.9. The molecule has 0 unspecified atom stereocenters. The highest BCUT2D eigenvalue weighted by atomic mass is 32.1. The highest BCUT2D eigenvalue weighted by molar-refractivity contribution is 7.22. The van der Waals surface area contributed by atoms with Gasteiger partial charge in [-0.05, 0) is 150 Å². The van der Waals surface area contributed by atoms with Crippen LogP contribution in [0.3, 0.4) is 0 Å². The summed E-state index contributed by atoms with van der Waals surface area (Å²) in [6.07, 6.45) is 8.50. The number of benzene rings is 4. The predicted molar refractivity (Wildman–Crippen MR) is 241 cm³/mol. The molecule has 6 heterocycles. The number of rotatable bonds is 5. The molecule has 0 spiro atoms. The van der Waals surface area contributed by atoms with Gasteiger partial charge in [-0.15, -0.1) is 11.3 Å². The van der Waals surface area contributed by atoms with Crippen molar-refractivity contribution in [2.24, 2.45) is 14.1 Å². The molecule has 300 valence electrons. The first-order valence-electron chi connectivity index (χ1n) is 20.3. The zero-order valence-electron chi connectivity index (χ0n) is 34.7. The quantitative estimate of drug-likeness (QED) is 0.179. The van der Waals surface area contributed by atoms with Gasteiger partial charge in [-0.1, -0.05) is 23.5 Å². The van der Waals surface area contributed by atoms with E-state index in [1.165, 1.54) is 44.6 Å². The first-order chi connectivity index (χ1) is 27.7. The Morgan fingerprint density at radius 1 is 0.724 bits per heavy atom. The second-order valence-corrected chi connectivity index (χ2v) is 19.8. The molecule has 12 heteroatoms. The number of anilines is 1. The smallest absolute Gasteiger partial charge is 0.186 e. The molecule has 58 heavy (non-hydrogen) atoms. The predicted octanol–water partition coefficient (Wildman–Crippen LogP) is 10.4. The second kappa shape index (κ2) is 14.8. The van der Waals surface area contributed by atoms with Crippen LogP contribution in [0.15, 0.2) is 73.1 Å². The van der Waals surface area contributed by atoms with E-state index in [-0.39, 0.29) is 16.9 Å². The number of fused-ring (bicyclic) bond motifs is 4. The maximum absolute atomic E-state index is 15.1. The summed E-state index contributed by atoms with van der Waals surface area (Å²) in [6.45, 7) is 13.3. The van der Waals surface area contributed by atoms with E-state index in [9.17, 15) is 0 Å². The summed E-state index contributed by atoms with van der Waals surface area (Å²) in [7, 11) is 5.98. The Balaban J connectivity index is 0.000000153. The molecule has 0 atom stereocenters. The van der Waals surface area contributed by atoms with Gasteiger partial charge in [0.15, 0.2) is 10.9 Å². The third-order valence-corrected chi connectivity index (χ3v) is 14.0. The second-order valence-electron chi connectivity index (χ2n) is 17.7. The molecule has 10 rings (SSSR count). The van der Waals surface area contributed by atoms with E-state index < -0.39 is 0 Å². The van der Waals surface area contributed by atoms with Crippen molar-refractivity contribution in [1.29, 1.82) is 0 Å². The molecule has 2 fully saturated rings. The Morgan fingerprint density at radius 2 is 1.36 bits per heavy atom. The topological polar surface area (TPSA) is 88.7 Å². The Kier molecular flexibility index (Phi) is 9.90. The van der Waals surface area contributed by atoms with Crippen molar-refractivity contribution in [2.75, 3.05) is 25.0 Å². The fourth-order valence-corrected chi connectivity index (χ4v) is 11.5. The number of aryl methyl sites for hydroxylation is 3. The standard InChI is InChI=1S/C25H30FN5S.C21H22N4S/c1-24(2)12-18(13-25(3,4)29-24)31(6)23-27-22-19(26)10-16(11-21(22)32-23)15-7-8-20-17(9-15)14-30(5)28-20;1-13-9-16(10-17-12-25(2)24-20(13)17)15-3-4-18-19(11-15)26-21(23-18)14-5-7-22-8-6-14/h7-11,14,18,29H,12-13H2,1-6H3;3-4,9-12,14,22H,5-8H2,1-2H3. The number of nitrogens with zero attached hydrogens (tertiary/aromatic N) is 7. The average Bonchev–Trinajstić information content (AvgIpc) is 3.97. The van der Waals surface area contributed by atoms with Crippen molar-refractivity contribution in [3.8, 4) is 22.3 Å². The SMILES string of the molecule is CN(c1nc2c(F)cc(-c3ccc4nn(C)cc4c3)cc2s1)C1CC(C)(C)NC(C)(C)C1.Cc1cc(-c2ccc3nc(C4CCNCC4)sc3c2)cc2cn(C)nc12. The summed E-state index contributed by atoms with van der Waals surface area (Å²) in [5.74, 6) is 0.344. The van der Waals surface area contributed by atoms with Crippen LogP contribution in [0.2, 0.25) is 0 Å². The van der Waals surface area contributed by atoms with Crippen LogP contribution in [-0.2, 0) is 14.1 Å². The fourth-order valence-electron chi connectivity index (χ4n) is 9.28. The average molecular weight is 814 g/mol. The lowest BCUT2D eigenvalue weighted by atomic mass is 9.79. The molecule has 0 aliphatic carbocycles. The van der Waals surface area contributed by atoms with Crippen LogP contribution in [0, 0.1) is 12.7 Å². The Hall–Kier alpha value is -4.75. The number of piperidine rings is 2. The molecule has 0 saturated carbocycles. The van der Waals surface area contributed by atoms with Gasteiger partial charge in [-0.2, -0.15) is 10.2 Å². The molecule has 2 aliphatic rings. The largest absolute Gasteiger partial charge is 0.348 e. The molecular weight excluding hydrogens is 762 g/mol. The molecule has 2 saturated heterocycles. The van der Waals surface area contributed by atoms with Gasteiger partial charge in [-0.3, -0.25) is 9.36 Å². The molecule has 8 aromatic rings. The van der Waals surface area contributed by atoms with E-state index in [1.807, 2.05) is 48.4 Å². The molecule has 2 N–H and O–H groups in total. The zero-order chi connectivity index (χ0) is 40.5. The number of aromatic nitrogens is 6. The van der Waals surface area contributed by atoms with Crippen molar-refractivity contribution in [2.45, 2.75) is 83.3 Å². The third-order valence-electron chi connectivity index (χ3n) is 11.7. The van der Waals surface area contributed by atoms with Crippen LogP contribution >= 0.6 is 22.7 Å². The summed E-state index contributed by atoms with van der Waals surface area (Å²) in [4.78, 5) is 11.9. The van der Waals surface area contributed by atoms with Gasteiger partial charge < -0.3 is 15.5 Å².